The van der Waals surface area contributed by atoms with Crippen molar-refractivity contribution in [3.8, 4) is 0 Å². The van der Waals surface area contributed by atoms with Gasteiger partial charge in [-0.2, -0.15) is 0 Å². The number of carbonyl (C=O) groups is 1. The Morgan fingerprint density at radius 3 is 3.00 bits per heavy atom. The molecule has 0 aliphatic rings. The third-order valence-corrected chi connectivity index (χ3v) is 3.34. The summed E-state index contributed by atoms with van der Waals surface area (Å²) in [5.41, 5.74) is 0.688. The summed E-state index contributed by atoms with van der Waals surface area (Å²) in [5, 5.41) is 4.82. The molecular formula is C14H15N3OS. The lowest BCUT2D eigenvalue weighted by Gasteiger charge is -2.20. The van der Waals surface area contributed by atoms with E-state index in [2.05, 4.69) is 16.9 Å². The predicted molar refractivity (Wildman–Crippen MR) is 78.2 cm³/mol. The molecule has 0 aromatic carbocycles. The first-order chi connectivity index (χ1) is 9.29. The van der Waals surface area contributed by atoms with Gasteiger partial charge >= 0.3 is 6.03 Å². The average Bonchev–Trinajstić information content (AvgIpc) is 2.92. The van der Waals surface area contributed by atoms with Gasteiger partial charge in [0, 0.05) is 17.6 Å². The molecule has 0 saturated carbocycles. The van der Waals surface area contributed by atoms with Gasteiger partial charge in [-0.25, -0.2) is 4.79 Å². The van der Waals surface area contributed by atoms with Gasteiger partial charge in [-0.15, -0.1) is 17.9 Å². The summed E-state index contributed by atoms with van der Waals surface area (Å²) in [5.74, 6) is 0. The van der Waals surface area contributed by atoms with Gasteiger partial charge in [0.1, 0.15) is 0 Å². The van der Waals surface area contributed by atoms with Crippen LogP contribution >= 0.6 is 11.3 Å². The van der Waals surface area contributed by atoms with Gasteiger partial charge in [0.15, 0.2) is 0 Å². The normalized spacial score (nSPS) is 9.89. The fourth-order valence-electron chi connectivity index (χ4n) is 1.60. The summed E-state index contributed by atoms with van der Waals surface area (Å²) in [4.78, 5) is 19.0. The van der Waals surface area contributed by atoms with Crippen molar-refractivity contribution in [1.82, 2.24) is 9.88 Å². The topological polar surface area (TPSA) is 45.2 Å². The van der Waals surface area contributed by atoms with Gasteiger partial charge in [-0.05, 0) is 23.6 Å². The fraction of sp³-hybridized carbons (Fsp3) is 0.143. The molecule has 0 atom stereocenters. The minimum atomic E-state index is -0.152. The van der Waals surface area contributed by atoms with Gasteiger partial charge < -0.3 is 10.2 Å². The number of urea groups is 1. The van der Waals surface area contributed by atoms with E-state index in [9.17, 15) is 4.79 Å². The minimum Gasteiger partial charge on any atom is -0.316 e. The zero-order valence-corrected chi connectivity index (χ0v) is 11.3. The van der Waals surface area contributed by atoms with Gasteiger partial charge in [-0.3, -0.25) is 4.98 Å². The molecule has 0 unspecified atom stereocenters. The van der Waals surface area contributed by atoms with Crippen LogP contribution in [0.15, 0.2) is 54.7 Å². The van der Waals surface area contributed by atoms with Crippen molar-refractivity contribution < 1.29 is 4.79 Å². The third kappa shape index (κ3) is 3.93. The Bertz CT molecular complexity index is 525. The quantitative estimate of drug-likeness (QED) is 0.849. The monoisotopic (exact) mass is 273 g/mol. The summed E-state index contributed by atoms with van der Waals surface area (Å²) in [6.45, 7) is 4.77. The summed E-state index contributed by atoms with van der Waals surface area (Å²) in [6, 6.07) is 7.43. The second-order valence-electron chi connectivity index (χ2n) is 3.92. The molecule has 0 aliphatic heterocycles. The third-order valence-electron chi connectivity index (χ3n) is 2.48. The molecule has 0 radical (unpaired) electrons. The highest BCUT2D eigenvalue weighted by atomic mass is 32.1. The average molecular weight is 273 g/mol. The van der Waals surface area contributed by atoms with Gasteiger partial charge in [0.05, 0.1) is 18.4 Å². The number of hydrogen-bond donors (Lipinski definition) is 1. The zero-order chi connectivity index (χ0) is 13.5. The molecule has 2 aromatic rings. The standard InChI is InChI=1S/C14H15N3OS/c1-2-8-17(11-13-6-4-9-19-13)14(18)16-12-5-3-7-15-10-12/h2-7,9-10H,1,8,11H2,(H,16,18). The summed E-state index contributed by atoms with van der Waals surface area (Å²) >= 11 is 1.63. The molecular weight excluding hydrogens is 258 g/mol. The van der Waals surface area contributed by atoms with Crippen molar-refractivity contribution in [2.75, 3.05) is 11.9 Å². The lowest BCUT2D eigenvalue weighted by Crippen LogP contribution is -2.34. The lowest BCUT2D eigenvalue weighted by molar-refractivity contribution is 0.215. The Morgan fingerprint density at radius 2 is 2.37 bits per heavy atom. The van der Waals surface area contributed by atoms with E-state index < -0.39 is 0 Å². The van der Waals surface area contributed by atoms with Crippen molar-refractivity contribution in [1.29, 1.82) is 0 Å². The summed E-state index contributed by atoms with van der Waals surface area (Å²) < 4.78 is 0. The first-order valence-corrected chi connectivity index (χ1v) is 6.77. The molecule has 2 heterocycles. The molecule has 1 N–H and O–H groups in total. The molecule has 0 aliphatic carbocycles. The molecule has 98 valence electrons. The summed E-state index contributed by atoms with van der Waals surface area (Å²) in [6.07, 6.45) is 5.01. The van der Waals surface area contributed by atoms with Crippen LogP contribution in [0.1, 0.15) is 4.88 Å². The first-order valence-electron chi connectivity index (χ1n) is 5.89. The molecule has 5 heteroatoms. The Morgan fingerprint density at radius 1 is 1.47 bits per heavy atom. The number of aromatic nitrogens is 1. The van der Waals surface area contributed by atoms with E-state index in [1.165, 1.54) is 0 Å². The second-order valence-corrected chi connectivity index (χ2v) is 4.95. The number of amides is 2. The van der Waals surface area contributed by atoms with Crippen molar-refractivity contribution >= 4 is 23.1 Å². The molecule has 2 aromatic heterocycles. The molecule has 0 saturated heterocycles. The maximum Gasteiger partial charge on any atom is 0.322 e. The number of hydrogen-bond acceptors (Lipinski definition) is 3. The molecule has 0 bridgehead atoms. The van der Waals surface area contributed by atoms with Crippen LogP contribution in [0.4, 0.5) is 10.5 Å². The smallest absolute Gasteiger partial charge is 0.316 e. The molecule has 0 fully saturated rings. The van der Waals surface area contributed by atoms with E-state index in [-0.39, 0.29) is 6.03 Å². The molecule has 2 rings (SSSR count). The van der Waals surface area contributed by atoms with Crippen LogP contribution in [0.5, 0.6) is 0 Å². The predicted octanol–water partition coefficient (Wildman–Crippen LogP) is 3.36. The number of thiophene rings is 1. The van der Waals surface area contributed by atoms with E-state index in [0.717, 1.165) is 4.88 Å². The molecule has 2 amide bonds. The highest BCUT2D eigenvalue weighted by molar-refractivity contribution is 7.09. The highest BCUT2D eigenvalue weighted by Gasteiger charge is 2.13. The van der Waals surface area contributed by atoms with Gasteiger partial charge in [0.2, 0.25) is 0 Å². The highest BCUT2D eigenvalue weighted by Crippen LogP contribution is 2.13. The summed E-state index contributed by atoms with van der Waals surface area (Å²) in [7, 11) is 0. The number of nitrogens with one attached hydrogen (secondary N) is 1. The van der Waals surface area contributed by atoms with Crippen molar-refractivity contribution in [2.45, 2.75) is 6.54 Å². The number of anilines is 1. The van der Waals surface area contributed by atoms with Crippen LogP contribution in [-0.4, -0.2) is 22.5 Å². The van der Waals surface area contributed by atoms with Crippen molar-refractivity contribution in [3.63, 3.8) is 0 Å². The van der Waals surface area contributed by atoms with Crippen LogP contribution in [0.25, 0.3) is 0 Å². The van der Waals surface area contributed by atoms with Gasteiger partial charge in [0.25, 0.3) is 0 Å². The number of carbonyl (C=O) groups excluding carboxylic acids is 1. The molecule has 4 nitrogen and oxygen atoms in total. The van der Waals surface area contributed by atoms with Crippen LogP contribution in [-0.2, 0) is 6.54 Å². The first kappa shape index (κ1) is 13.3. The maximum absolute atomic E-state index is 12.2. The Hall–Kier alpha value is -2.14. The Labute approximate surface area is 116 Å². The van der Waals surface area contributed by atoms with Crippen molar-refractivity contribution in [3.05, 3.63) is 59.6 Å². The SMILES string of the molecule is C=CCN(Cc1cccs1)C(=O)Nc1cccnc1. The van der Waals surface area contributed by atoms with Crippen LogP contribution < -0.4 is 5.32 Å². The van der Waals surface area contributed by atoms with E-state index in [1.54, 1.807) is 40.8 Å². The van der Waals surface area contributed by atoms with E-state index in [0.29, 0.717) is 18.8 Å². The lowest BCUT2D eigenvalue weighted by atomic mass is 10.4. The maximum atomic E-state index is 12.2. The largest absolute Gasteiger partial charge is 0.322 e. The van der Waals surface area contributed by atoms with Crippen LogP contribution in [0.2, 0.25) is 0 Å². The zero-order valence-electron chi connectivity index (χ0n) is 10.5. The van der Waals surface area contributed by atoms with Crippen molar-refractivity contribution in [2.24, 2.45) is 0 Å². The molecule has 19 heavy (non-hydrogen) atoms. The van der Waals surface area contributed by atoms with E-state index in [1.807, 2.05) is 23.6 Å². The minimum absolute atomic E-state index is 0.152. The second kappa shape index (κ2) is 6.70. The number of nitrogens with zero attached hydrogens (tertiary/aromatic N) is 2. The Balaban J connectivity index is 2.02. The van der Waals surface area contributed by atoms with Crippen LogP contribution in [0, 0.1) is 0 Å². The van der Waals surface area contributed by atoms with E-state index in [4.69, 9.17) is 0 Å². The van der Waals surface area contributed by atoms with Crippen LogP contribution in [0.3, 0.4) is 0 Å². The number of pyridine rings is 1. The van der Waals surface area contributed by atoms with Gasteiger partial charge in [-0.1, -0.05) is 12.1 Å². The number of rotatable bonds is 5. The fourth-order valence-corrected chi connectivity index (χ4v) is 2.32. The van der Waals surface area contributed by atoms with E-state index >= 15 is 0 Å². The molecule has 0 spiro atoms. The Kier molecular flexibility index (Phi) is 4.69.